The summed E-state index contributed by atoms with van der Waals surface area (Å²) < 4.78 is 0. The summed E-state index contributed by atoms with van der Waals surface area (Å²) in [7, 11) is 0. The van der Waals surface area contributed by atoms with Gasteiger partial charge in [-0.1, -0.05) is 42.5 Å². The molecule has 7 heteroatoms. The maximum Gasteiger partial charge on any atom is 0.257 e. The van der Waals surface area contributed by atoms with Crippen LogP contribution in [0.2, 0.25) is 0 Å². The highest BCUT2D eigenvalue weighted by atomic mass is 16.3. The number of nitrogens with one attached hydrogen (secondary N) is 2. The van der Waals surface area contributed by atoms with E-state index in [-0.39, 0.29) is 5.91 Å². The fourth-order valence-corrected chi connectivity index (χ4v) is 5.54. The van der Waals surface area contributed by atoms with Gasteiger partial charge in [0.05, 0.1) is 28.9 Å². The Morgan fingerprint density at radius 1 is 0.857 bits per heavy atom. The number of imidazole rings is 1. The number of aromatic amines is 2. The fraction of sp³-hybridized carbons (Fsp3) is 0.107. The molecule has 1 amide bonds. The number of hydrogen-bond acceptors (Lipinski definition) is 4. The summed E-state index contributed by atoms with van der Waals surface area (Å²) in [6.07, 6.45) is 4.10. The first kappa shape index (κ1) is 19.9. The molecule has 7 rings (SSSR count). The third kappa shape index (κ3) is 2.92. The van der Waals surface area contributed by atoms with Crippen molar-refractivity contribution in [2.45, 2.75) is 18.1 Å². The highest BCUT2D eigenvalue weighted by Gasteiger charge is 2.50. The molecule has 0 saturated carbocycles. The number of H-pyrrole nitrogens is 2. The lowest BCUT2D eigenvalue weighted by molar-refractivity contribution is -0.124. The van der Waals surface area contributed by atoms with Crippen molar-refractivity contribution >= 4 is 44.4 Å². The van der Waals surface area contributed by atoms with Crippen molar-refractivity contribution in [3.63, 3.8) is 0 Å². The van der Waals surface area contributed by atoms with E-state index in [4.69, 9.17) is 0 Å². The van der Waals surface area contributed by atoms with Crippen molar-refractivity contribution in [1.29, 1.82) is 0 Å². The molecule has 3 unspecified atom stereocenters. The Kier molecular flexibility index (Phi) is 4.28. The van der Waals surface area contributed by atoms with Gasteiger partial charge in [0.1, 0.15) is 6.10 Å². The minimum absolute atomic E-state index is 0.336. The molecule has 1 aliphatic heterocycles. The second-order valence-electron chi connectivity index (χ2n) is 8.94. The number of hydrogen-bond donors (Lipinski definition) is 3. The van der Waals surface area contributed by atoms with Crippen LogP contribution in [0.4, 0.5) is 5.69 Å². The summed E-state index contributed by atoms with van der Waals surface area (Å²) >= 11 is 0. The zero-order valence-corrected chi connectivity index (χ0v) is 18.6. The number of nitrogens with zero attached hydrogens (tertiary/aromatic N) is 3. The predicted octanol–water partition coefficient (Wildman–Crippen LogP) is 4.83. The van der Waals surface area contributed by atoms with Crippen molar-refractivity contribution in [2.24, 2.45) is 0 Å². The Labute approximate surface area is 200 Å². The van der Waals surface area contributed by atoms with Crippen LogP contribution in [0.15, 0.2) is 91.5 Å². The molecule has 1 aliphatic rings. The van der Waals surface area contributed by atoms with Crippen LogP contribution in [-0.2, 0) is 4.79 Å². The molecule has 3 atom stereocenters. The summed E-state index contributed by atoms with van der Waals surface area (Å²) in [5, 5.41) is 13.4. The van der Waals surface area contributed by atoms with Crippen molar-refractivity contribution in [3.8, 4) is 0 Å². The summed E-state index contributed by atoms with van der Waals surface area (Å²) in [6, 6.07) is 23.1. The van der Waals surface area contributed by atoms with Gasteiger partial charge in [-0.3, -0.25) is 9.78 Å². The van der Waals surface area contributed by atoms with Gasteiger partial charge in [0.15, 0.2) is 0 Å². The smallest absolute Gasteiger partial charge is 0.257 e. The van der Waals surface area contributed by atoms with Crippen molar-refractivity contribution < 1.29 is 9.90 Å². The lowest BCUT2D eigenvalue weighted by Crippen LogP contribution is -2.31. The van der Waals surface area contributed by atoms with E-state index in [0.29, 0.717) is 5.69 Å². The fourth-order valence-electron chi connectivity index (χ4n) is 5.54. The van der Waals surface area contributed by atoms with Gasteiger partial charge in [-0.25, -0.2) is 4.98 Å². The van der Waals surface area contributed by atoms with Crippen LogP contribution in [-0.4, -0.2) is 37.1 Å². The number of aromatic nitrogens is 4. The highest BCUT2D eigenvalue weighted by molar-refractivity contribution is 6.04. The van der Waals surface area contributed by atoms with Gasteiger partial charge >= 0.3 is 0 Å². The number of carbonyl (C=O) groups is 1. The van der Waals surface area contributed by atoms with E-state index >= 15 is 0 Å². The van der Waals surface area contributed by atoms with Gasteiger partial charge in [-0.2, -0.15) is 0 Å². The van der Waals surface area contributed by atoms with Crippen LogP contribution in [0.1, 0.15) is 23.1 Å². The second kappa shape index (κ2) is 7.51. The number of aliphatic hydroxyl groups is 1. The number of para-hydroxylation sites is 2. The van der Waals surface area contributed by atoms with Gasteiger partial charge in [-0.05, 0) is 35.9 Å². The number of fused-ring (bicyclic) bond motifs is 3. The summed E-state index contributed by atoms with van der Waals surface area (Å²) in [6.45, 7) is 0. The van der Waals surface area contributed by atoms with Gasteiger partial charge < -0.3 is 20.0 Å². The quantitative estimate of drug-likeness (QED) is 0.353. The zero-order valence-electron chi connectivity index (χ0n) is 18.6. The van der Waals surface area contributed by atoms with Crippen LogP contribution in [0, 0.1) is 0 Å². The number of benzene rings is 3. The van der Waals surface area contributed by atoms with E-state index < -0.39 is 18.1 Å². The molecule has 0 radical (unpaired) electrons. The number of aliphatic hydroxyl groups excluding tert-OH is 1. The van der Waals surface area contributed by atoms with Gasteiger partial charge in [0.25, 0.3) is 5.91 Å². The lowest BCUT2D eigenvalue weighted by atomic mass is 9.85. The van der Waals surface area contributed by atoms with Gasteiger partial charge in [-0.15, -0.1) is 0 Å². The molecule has 6 aromatic rings. The average molecular weight is 460 g/mol. The molecule has 4 heterocycles. The predicted molar refractivity (Wildman–Crippen MR) is 135 cm³/mol. The van der Waals surface area contributed by atoms with Crippen LogP contribution < -0.4 is 4.90 Å². The first-order valence-electron chi connectivity index (χ1n) is 11.5. The number of anilines is 1. The topological polar surface area (TPSA) is 97.9 Å². The van der Waals surface area contributed by atoms with E-state index in [1.165, 1.54) is 0 Å². The molecule has 3 N–H and O–H groups in total. The average Bonchev–Trinajstić information content (AvgIpc) is 3.60. The van der Waals surface area contributed by atoms with Crippen molar-refractivity contribution in [2.75, 3.05) is 4.90 Å². The van der Waals surface area contributed by atoms with Gasteiger partial charge in [0.2, 0.25) is 0 Å². The molecule has 3 aromatic carbocycles. The lowest BCUT2D eigenvalue weighted by Gasteiger charge is -2.29. The van der Waals surface area contributed by atoms with Crippen LogP contribution in [0.3, 0.4) is 0 Å². The van der Waals surface area contributed by atoms with E-state index in [0.717, 1.165) is 44.0 Å². The standard InChI is InChI=1S/C28H21N5O2/c34-27-24(20-14-30-21-9-2-1-7-18(20)21)26(19-8-3-5-16-6-4-12-29-25(16)19)33(28(27)35)17-10-11-22-23(13-17)32-15-31-22/h1-15,24,26-27,30,34H,(H,31,32). The molecule has 3 aromatic heterocycles. The Balaban J connectivity index is 1.50. The first-order valence-corrected chi connectivity index (χ1v) is 11.5. The maximum absolute atomic E-state index is 13.8. The van der Waals surface area contributed by atoms with Gasteiger partial charge in [0, 0.05) is 45.9 Å². The molecule has 7 nitrogen and oxygen atoms in total. The molecule has 1 saturated heterocycles. The second-order valence-corrected chi connectivity index (χ2v) is 8.94. The SMILES string of the molecule is O=C1C(O)C(c2c[nH]c3ccccc23)C(c2cccc3cccnc23)N1c1ccc2nc[nH]c2c1. The molecule has 170 valence electrons. The monoisotopic (exact) mass is 459 g/mol. The Morgan fingerprint density at radius 2 is 1.74 bits per heavy atom. The molecule has 0 aliphatic carbocycles. The molecular formula is C28H21N5O2. The van der Waals surface area contributed by atoms with E-state index in [9.17, 15) is 9.90 Å². The minimum Gasteiger partial charge on any atom is -0.383 e. The summed E-state index contributed by atoms with van der Waals surface area (Å²) in [4.78, 5) is 30.9. The molecule has 0 spiro atoms. The first-order chi connectivity index (χ1) is 17.2. The Morgan fingerprint density at radius 3 is 2.69 bits per heavy atom. The normalized spacial score (nSPS) is 20.4. The Hall–Kier alpha value is -4.49. The van der Waals surface area contributed by atoms with Crippen molar-refractivity contribution in [1.82, 2.24) is 19.9 Å². The van der Waals surface area contributed by atoms with Crippen LogP contribution >= 0.6 is 0 Å². The summed E-state index contributed by atoms with van der Waals surface area (Å²) in [5.41, 5.74) is 5.94. The van der Waals surface area contributed by atoms with Crippen LogP contribution in [0.25, 0.3) is 32.8 Å². The zero-order chi connectivity index (χ0) is 23.5. The number of amides is 1. The number of rotatable bonds is 3. The van der Waals surface area contributed by atoms with E-state index in [2.05, 4.69) is 19.9 Å². The number of pyridine rings is 1. The minimum atomic E-state index is -1.21. The third-order valence-corrected chi connectivity index (χ3v) is 7.09. The summed E-state index contributed by atoms with van der Waals surface area (Å²) in [5.74, 6) is -0.833. The molecular weight excluding hydrogens is 438 g/mol. The maximum atomic E-state index is 13.8. The van der Waals surface area contributed by atoms with Crippen molar-refractivity contribution in [3.05, 3.63) is 103 Å². The van der Waals surface area contributed by atoms with E-state index in [1.807, 2.05) is 79.0 Å². The highest BCUT2D eigenvalue weighted by Crippen LogP contribution is 2.49. The molecule has 35 heavy (non-hydrogen) atoms. The third-order valence-electron chi connectivity index (χ3n) is 7.09. The van der Waals surface area contributed by atoms with Crippen LogP contribution in [0.5, 0.6) is 0 Å². The van der Waals surface area contributed by atoms with E-state index in [1.54, 1.807) is 17.4 Å². The molecule has 0 bridgehead atoms. The Bertz CT molecular complexity index is 1730. The largest absolute Gasteiger partial charge is 0.383 e. The number of carbonyl (C=O) groups excluding carboxylic acids is 1. The molecule has 1 fully saturated rings.